The molecule has 28 heavy (non-hydrogen) atoms. The SMILES string of the molecule is O=C(OCc1cccc(Cl)c1)c1cccc(N2C(=O)[C@H]3CCCC[C@@H]3C2=O)c1. The van der Waals surface area contributed by atoms with Crippen LogP contribution in [-0.4, -0.2) is 17.8 Å². The van der Waals surface area contributed by atoms with Crippen LogP contribution in [0, 0.1) is 11.8 Å². The first-order valence-electron chi connectivity index (χ1n) is 9.44. The molecule has 0 unspecified atom stereocenters. The Morgan fingerprint density at radius 1 is 1.00 bits per heavy atom. The van der Waals surface area contributed by atoms with Crippen molar-refractivity contribution in [3.05, 3.63) is 64.7 Å². The van der Waals surface area contributed by atoms with Gasteiger partial charge in [-0.15, -0.1) is 0 Å². The minimum atomic E-state index is -0.515. The van der Waals surface area contributed by atoms with Crippen LogP contribution in [0.25, 0.3) is 0 Å². The van der Waals surface area contributed by atoms with Gasteiger partial charge < -0.3 is 4.74 Å². The standard InChI is InChI=1S/C22H20ClNO4/c23-16-7-3-5-14(11-16)13-28-22(27)15-6-4-8-17(12-15)24-20(25)18-9-1-2-10-19(18)21(24)26/h3-8,11-12,18-19H,1-2,9-10,13H2/t18-,19-/m0/s1. The maximum atomic E-state index is 12.8. The van der Waals surface area contributed by atoms with Crippen LogP contribution >= 0.6 is 11.6 Å². The van der Waals surface area contributed by atoms with E-state index in [1.807, 2.05) is 6.07 Å². The molecule has 2 amide bonds. The molecule has 0 bridgehead atoms. The zero-order valence-electron chi connectivity index (χ0n) is 15.3. The summed E-state index contributed by atoms with van der Waals surface area (Å²) in [5.74, 6) is -1.27. The predicted octanol–water partition coefficient (Wildman–Crippen LogP) is 4.38. The van der Waals surface area contributed by atoms with Gasteiger partial charge >= 0.3 is 5.97 Å². The van der Waals surface area contributed by atoms with Crippen LogP contribution in [0.1, 0.15) is 41.6 Å². The summed E-state index contributed by atoms with van der Waals surface area (Å²) in [6.07, 6.45) is 3.47. The quantitative estimate of drug-likeness (QED) is 0.567. The summed E-state index contributed by atoms with van der Waals surface area (Å²) in [5.41, 5.74) is 1.52. The molecule has 5 nitrogen and oxygen atoms in total. The molecule has 2 aromatic carbocycles. The van der Waals surface area contributed by atoms with Crippen molar-refractivity contribution in [3.63, 3.8) is 0 Å². The van der Waals surface area contributed by atoms with Gasteiger partial charge in [-0.1, -0.05) is 42.6 Å². The molecule has 4 rings (SSSR count). The Balaban J connectivity index is 1.50. The van der Waals surface area contributed by atoms with Gasteiger partial charge in [0.05, 0.1) is 23.1 Å². The number of hydrogen-bond donors (Lipinski definition) is 0. The minimum absolute atomic E-state index is 0.0926. The molecule has 2 aliphatic rings. The van der Waals surface area contributed by atoms with Crippen LogP contribution in [0.15, 0.2) is 48.5 Å². The highest BCUT2D eigenvalue weighted by Gasteiger charge is 2.48. The van der Waals surface area contributed by atoms with Crippen molar-refractivity contribution in [2.45, 2.75) is 32.3 Å². The predicted molar refractivity (Wildman–Crippen MR) is 105 cm³/mol. The van der Waals surface area contributed by atoms with E-state index in [0.29, 0.717) is 16.3 Å². The number of carbonyl (C=O) groups excluding carboxylic acids is 3. The van der Waals surface area contributed by atoms with Gasteiger partial charge in [-0.25, -0.2) is 4.79 Å². The third-order valence-electron chi connectivity index (χ3n) is 5.44. The molecule has 1 saturated heterocycles. The van der Waals surface area contributed by atoms with E-state index in [1.54, 1.807) is 42.5 Å². The summed E-state index contributed by atoms with van der Waals surface area (Å²) in [6, 6.07) is 13.6. The molecular weight excluding hydrogens is 378 g/mol. The van der Waals surface area contributed by atoms with Crippen molar-refractivity contribution in [1.29, 1.82) is 0 Å². The highest BCUT2D eigenvalue weighted by Crippen LogP contribution is 2.40. The van der Waals surface area contributed by atoms with Gasteiger partial charge in [-0.2, -0.15) is 0 Å². The van der Waals surface area contributed by atoms with Gasteiger partial charge in [0.2, 0.25) is 11.8 Å². The van der Waals surface area contributed by atoms with Crippen molar-refractivity contribution in [2.24, 2.45) is 11.8 Å². The van der Waals surface area contributed by atoms with E-state index in [1.165, 1.54) is 4.90 Å². The van der Waals surface area contributed by atoms with Crippen molar-refractivity contribution in [3.8, 4) is 0 Å². The van der Waals surface area contributed by atoms with Gasteiger partial charge in [0.25, 0.3) is 0 Å². The molecule has 1 aliphatic heterocycles. The van der Waals surface area contributed by atoms with Crippen molar-refractivity contribution in [2.75, 3.05) is 4.90 Å². The Morgan fingerprint density at radius 3 is 2.36 bits per heavy atom. The van der Waals surface area contributed by atoms with E-state index in [4.69, 9.17) is 16.3 Å². The molecule has 2 atom stereocenters. The second-order valence-electron chi connectivity index (χ2n) is 7.27. The summed E-state index contributed by atoms with van der Waals surface area (Å²) in [5, 5.41) is 0.572. The number of rotatable bonds is 4. The first kappa shape index (κ1) is 18.7. The molecule has 6 heteroatoms. The molecule has 144 valence electrons. The third-order valence-corrected chi connectivity index (χ3v) is 5.68. The number of fused-ring (bicyclic) bond motifs is 1. The Labute approximate surface area is 168 Å². The number of nitrogens with zero attached hydrogens (tertiary/aromatic N) is 1. The molecule has 1 aliphatic carbocycles. The Kier molecular flexibility index (Phi) is 5.18. The van der Waals surface area contributed by atoms with Crippen LogP contribution in [-0.2, 0) is 20.9 Å². The molecule has 0 aromatic heterocycles. The number of ether oxygens (including phenoxy) is 1. The van der Waals surface area contributed by atoms with Gasteiger partial charge in [-0.3, -0.25) is 14.5 Å². The number of esters is 1. The lowest BCUT2D eigenvalue weighted by Crippen LogP contribution is -2.31. The number of amides is 2. The number of carbonyl (C=O) groups is 3. The maximum Gasteiger partial charge on any atom is 0.338 e. The van der Waals surface area contributed by atoms with Crippen LogP contribution in [0.3, 0.4) is 0 Å². The maximum absolute atomic E-state index is 12.8. The van der Waals surface area contributed by atoms with Gasteiger partial charge in [-0.05, 0) is 48.7 Å². The van der Waals surface area contributed by atoms with Crippen LogP contribution < -0.4 is 4.90 Å². The summed E-state index contributed by atoms with van der Waals surface area (Å²) >= 11 is 5.94. The number of imide groups is 1. The average Bonchev–Trinajstić information content (AvgIpc) is 2.97. The van der Waals surface area contributed by atoms with Crippen LogP contribution in [0.4, 0.5) is 5.69 Å². The van der Waals surface area contributed by atoms with Gasteiger partial charge in [0.15, 0.2) is 0 Å². The second-order valence-corrected chi connectivity index (χ2v) is 7.70. The monoisotopic (exact) mass is 397 g/mol. The van der Waals surface area contributed by atoms with E-state index in [0.717, 1.165) is 31.2 Å². The molecule has 2 fully saturated rings. The Hall–Kier alpha value is -2.66. The third kappa shape index (κ3) is 3.54. The normalized spacial score (nSPS) is 21.5. The molecule has 0 spiro atoms. The minimum Gasteiger partial charge on any atom is -0.457 e. The summed E-state index contributed by atoms with van der Waals surface area (Å²) < 4.78 is 5.35. The van der Waals surface area contributed by atoms with E-state index in [2.05, 4.69) is 0 Å². The average molecular weight is 398 g/mol. The number of benzene rings is 2. The smallest absolute Gasteiger partial charge is 0.338 e. The molecule has 2 aromatic rings. The molecule has 0 N–H and O–H groups in total. The van der Waals surface area contributed by atoms with E-state index >= 15 is 0 Å². The Morgan fingerprint density at radius 2 is 1.68 bits per heavy atom. The first-order chi connectivity index (χ1) is 13.5. The fourth-order valence-electron chi connectivity index (χ4n) is 4.05. The molecular formula is C22H20ClNO4. The topological polar surface area (TPSA) is 63.7 Å². The van der Waals surface area contributed by atoms with Gasteiger partial charge in [0.1, 0.15) is 6.61 Å². The Bertz CT molecular complexity index is 918. The van der Waals surface area contributed by atoms with E-state index < -0.39 is 5.97 Å². The highest BCUT2D eigenvalue weighted by atomic mass is 35.5. The van der Waals surface area contributed by atoms with E-state index in [9.17, 15) is 14.4 Å². The first-order valence-corrected chi connectivity index (χ1v) is 9.82. The number of hydrogen-bond acceptors (Lipinski definition) is 4. The largest absolute Gasteiger partial charge is 0.457 e. The van der Waals surface area contributed by atoms with E-state index in [-0.39, 0.29) is 30.3 Å². The van der Waals surface area contributed by atoms with Crippen LogP contribution in [0.5, 0.6) is 0 Å². The second kappa shape index (κ2) is 7.76. The fraction of sp³-hybridized carbons (Fsp3) is 0.318. The fourth-order valence-corrected chi connectivity index (χ4v) is 4.26. The van der Waals surface area contributed by atoms with Crippen molar-refractivity contribution >= 4 is 35.1 Å². The lowest BCUT2D eigenvalue weighted by Gasteiger charge is -2.19. The lowest BCUT2D eigenvalue weighted by molar-refractivity contribution is -0.122. The number of halogens is 1. The van der Waals surface area contributed by atoms with Crippen molar-refractivity contribution < 1.29 is 19.1 Å². The lowest BCUT2D eigenvalue weighted by atomic mass is 9.81. The molecule has 0 radical (unpaired) electrons. The summed E-state index contributed by atoms with van der Waals surface area (Å²) in [6.45, 7) is 0.0926. The highest BCUT2D eigenvalue weighted by molar-refractivity contribution is 6.30. The summed E-state index contributed by atoms with van der Waals surface area (Å²) in [7, 11) is 0. The van der Waals surface area contributed by atoms with Crippen molar-refractivity contribution in [1.82, 2.24) is 0 Å². The molecule has 1 heterocycles. The van der Waals surface area contributed by atoms with Crippen LogP contribution in [0.2, 0.25) is 5.02 Å². The zero-order valence-corrected chi connectivity index (χ0v) is 16.0. The van der Waals surface area contributed by atoms with Gasteiger partial charge in [0, 0.05) is 5.02 Å². The number of anilines is 1. The summed E-state index contributed by atoms with van der Waals surface area (Å²) in [4.78, 5) is 39.2. The molecule has 1 saturated carbocycles. The zero-order chi connectivity index (χ0) is 19.7.